The second-order valence-corrected chi connectivity index (χ2v) is 2.53. The molecule has 58 valence electrons. The lowest BCUT2D eigenvalue weighted by Crippen LogP contribution is -2.11. The van der Waals surface area contributed by atoms with Crippen LogP contribution < -0.4 is 0 Å². The van der Waals surface area contributed by atoms with E-state index in [0.29, 0.717) is 12.5 Å². The first-order chi connectivity index (χ1) is 4.79. The molecule has 0 saturated carbocycles. The van der Waals surface area contributed by atoms with Crippen molar-refractivity contribution in [2.45, 2.75) is 13.3 Å². The van der Waals surface area contributed by atoms with E-state index in [-0.39, 0.29) is 5.97 Å². The fourth-order valence-electron chi connectivity index (χ4n) is 0.950. The van der Waals surface area contributed by atoms with Crippen molar-refractivity contribution in [3.8, 4) is 0 Å². The number of rotatable bonds is 2. The molecule has 3 heteroatoms. The third-order valence-corrected chi connectivity index (χ3v) is 1.55. The van der Waals surface area contributed by atoms with Crippen molar-refractivity contribution in [1.29, 1.82) is 0 Å². The summed E-state index contributed by atoms with van der Waals surface area (Å²) in [6, 6.07) is 0. The van der Waals surface area contributed by atoms with Gasteiger partial charge in [0, 0.05) is 19.4 Å². The highest BCUT2D eigenvalue weighted by atomic mass is 16.5. The maximum Gasteiger partial charge on any atom is 0.302 e. The fraction of sp³-hybridized carbons (Fsp3) is 0.857. The van der Waals surface area contributed by atoms with E-state index in [1.807, 2.05) is 0 Å². The van der Waals surface area contributed by atoms with Gasteiger partial charge < -0.3 is 9.47 Å². The van der Waals surface area contributed by atoms with Gasteiger partial charge in [0.1, 0.15) is 0 Å². The first-order valence-electron chi connectivity index (χ1n) is 3.50. The van der Waals surface area contributed by atoms with Gasteiger partial charge in [0.25, 0.3) is 0 Å². The Morgan fingerprint density at radius 2 is 2.60 bits per heavy atom. The molecule has 3 nitrogen and oxygen atoms in total. The summed E-state index contributed by atoms with van der Waals surface area (Å²) >= 11 is 0. The summed E-state index contributed by atoms with van der Waals surface area (Å²) < 4.78 is 9.90. The molecule has 1 heterocycles. The third kappa shape index (κ3) is 2.35. The zero-order chi connectivity index (χ0) is 7.40. The van der Waals surface area contributed by atoms with E-state index in [1.165, 1.54) is 6.92 Å². The van der Waals surface area contributed by atoms with Crippen molar-refractivity contribution in [3.63, 3.8) is 0 Å². The lowest BCUT2D eigenvalue weighted by Gasteiger charge is -2.05. The van der Waals surface area contributed by atoms with Crippen LogP contribution in [0.4, 0.5) is 0 Å². The molecular weight excluding hydrogens is 132 g/mol. The Morgan fingerprint density at radius 1 is 1.80 bits per heavy atom. The fourth-order valence-corrected chi connectivity index (χ4v) is 0.950. The van der Waals surface area contributed by atoms with Crippen molar-refractivity contribution in [1.82, 2.24) is 0 Å². The standard InChI is InChI=1S/C7H12O3/c1-6(8)10-5-7-2-3-9-4-7/h7H,2-5H2,1H3. The average Bonchev–Trinajstić information content (AvgIpc) is 2.34. The number of hydrogen-bond donors (Lipinski definition) is 0. The van der Waals surface area contributed by atoms with Crippen molar-refractivity contribution >= 4 is 5.97 Å². The zero-order valence-corrected chi connectivity index (χ0v) is 6.13. The van der Waals surface area contributed by atoms with E-state index in [9.17, 15) is 4.79 Å². The van der Waals surface area contributed by atoms with Gasteiger partial charge in [-0.15, -0.1) is 0 Å². The van der Waals surface area contributed by atoms with Crippen LogP contribution in [0, 0.1) is 5.92 Å². The Balaban J connectivity index is 2.07. The lowest BCUT2D eigenvalue weighted by molar-refractivity contribution is -0.142. The first kappa shape index (κ1) is 7.54. The van der Waals surface area contributed by atoms with Gasteiger partial charge in [-0.25, -0.2) is 0 Å². The van der Waals surface area contributed by atoms with Gasteiger partial charge in [-0.05, 0) is 6.42 Å². The molecule has 1 aliphatic heterocycles. The van der Waals surface area contributed by atoms with Gasteiger partial charge in [-0.1, -0.05) is 0 Å². The summed E-state index contributed by atoms with van der Waals surface area (Å²) in [6.07, 6.45) is 1.02. The summed E-state index contributed by atoms with van der Waals surface area (Å²) in [5.41, 5.74) is 0. The predicted octanol–water partition coefficient (Wildman–Crippen LogP) is 0.586. The largest absolute Gasteiger partial charge is 0.465 e. The summed E-state index contributed by atoms with van der Waals surface area (Å²) in [5.74, 6) is 0.232. The molecule has 0 spiro atoms. The Labute approximate surface area is 60.3 Å². The second-order valence-electron chi connectivity index (χ2n) is 2.53. The van der Waals surface area contributed by atoms with Crippen LogP contribution in [0.2, 0.25) is 0 Å². The zero-order valence-electron chi connectivity index (χ0n) is 6.13. The van der Waals surface area contributed by atoms with E-state index in [4.69, 9.17) is 9.47 Å². The molecule has 1 fully saturated rings. The molecule has 0 aromatic carbocycles. The molecule has 0 aliphatic carbocycles. The van der Waals surface area contributed by atoms with Crippen LogP contribution in [0.5, 0.6) is 0 Å². The Bertz CT molecular complexity index is 116. The topological polar surface area (TPSA) is 35.5 Å². The molecule has 0 bridgehead atoms. The minimum atomic E-state index is -0.202. The van der Waals surface area contributed by atoms with Gasteiger partial charge in [0.05, 0.1) is 13.2 Å². The average molecular weight is 144 g/mol. The lowest BCUT2D eigenvalue weighted by atomic mass is 10.1. The molecule has 1 rings (SSSR count). The van der Waals surface area contributed by atoms with Crippen LogP contribution in [0.1, 0.15) is 13.3 Å². The number of esters is 1. The van der Waals surface area contributed by atoms with Crippen LogP contribution >= 0.6 is 0 Å². The molecule has 1 aliphatic rings. The highest BCUT2D eigenvalue weighted by Crippen LogP contribution is 2.11. The van der Waals surface area contributed by atoms with Gasteiger partial charge in [0.2, 0.25) is 0 Å². The van der Waals surface area contributed by atoms with Gasteiger partial charge in [-0.2, -0.15) is 0 Å². The summed E-state index contributed by atoms with van der Waals surface area (Å²) in [5, 5.41) is 0. The number of carbonyl (C=O) groups excluding carboxylic acids is 1. The van der Waals surface area contributed by atoms with Crippen molar-refractivity contribution in [2.75, 3.05) is 19.8 Å². The van der Waals surface area contributed by atoms with Crippen LogP contribution in [0.15, 0.2) is 0 Å². The summed E-state index contributed by atoms with van der Waals surface area (Å²) in [7, 11) is 0. The Morgan fingerprint density at radius 3 is 3.10 bits per heavy atom. The smallest absolute Gasteiger partial charge is 0.302 e. The molecule has 0 aromatic heterocycles. The highest BCUT2D eigenvalue weighted by molar-refractivity contribution is 5.65. The summed E-state index contributed by atoms with van der Waals surface area (Å²) in [4.78, 5) is 10.3. The maximum atomic E-state index is 10.3. The molecule has 0 radical (unpaired) electrons. The molecule has 0 aromatic rings. The predicted molar refractivity (Wildman–Crippen MR) is 35.6 cm³/mol. The minimum Gasteiger partial charge on any atom is -0.465 e. The third-order valence-electron chi connectivity index (χ3n) is 1.55. The number of hydrogen-bond acceptors (Lipinski definition) is 3. The van der Waals surface area contributed by atoms with Crippen molar-refractivity contribution in [2.24, 2.45) is 5.92 Å². The van der Waals surface area contributed by atoms with E-state index >= 15 is 0 Å². The summed E-state index contributed by atoms with van der Waals surface area (Å²) in [6.45, 7) is 3.50. The molecule has 1 atom stereocenters. The SMILES string of the molecule is CC(=O)OCC1CCOC1. The van der Waals surface area contributed by atoms with E-state index in [2.05, 4.69) is 0 Å². The van der Waals surface area contributed by atoms with Crippen molar-refractivity contribution in [3.05, 3.63) is 0 Å². The quantitative estimate of drug-likeness (QED) is 0.532. The molecule has 0 N–H and O–H groups in total. The molecule has 1 unspecified atom stereocenters. The van der Waals surface area contributed by atoms with Crippen molar-refractivity contribution < 1.29 is 14.3 Å². The van der Waals surface area contributed by atoms with Crippen LogP contribution in [0.3, 0.4) is 0 Å². The number of ether oxygens (including phenoxy) is 2. The van der Waals surface area contributed by atoms with E-state index in [0.717, 1.165) is 19.6 Å². The van der Waals surface area contributed by atoms with Gasteiger partial charge >= 0.3 is 5.97 Å². The van der Waals surface area contributed by atoms with E-state index in [1.54, 1.807) is 0 Å². The molecule has 10 heavy (non-hydrogen) atoms. The minimum absolute atomic E-state index is 0.202. The van der Waals surface area contributed by atoms with E-state index < -0.39 is 0 Å². The van der Waals surface area contributed by atoms with Gasteiger partial charge in [-0.3, -0.25) is 4.79 Å². The van der Waals surface area contributed by atoms with Crippen LogP contribution in [-0.4, -0.2) is 25.8 Å². The molecule has 0 amide bonds. The van der Waals surface area contributed by atoms with Gasteiger partial charge in [0.15, 0.2) is 0 Å². The number of carbonyl (C=O) groups is 1. The second kappa shape index (κ2) is 3.56. The normalized spacial score (nSPS) is 24.7. The Kier molecular flexibility index (Phi) is 2.68. The monoisotopic (exact) mass is 144 g/mol. The molecular formula is C7H12O3. The van der Waals surface area contributed by atoms with Crippen LogP contribution in [0.25, 0.3) is 0 Å². The first-order valence-corrected chi connectivity index (χ1v) is 3.50. The maximum absolute atomic E-state index is 10.3. The molecule has 1 saturated heterocycles. The highest BCUT2D eigenvalue weighted by Gasteiger charge is 2.16. The van der Waals surface area contributed by atoms with Crippen LogP contribution in [-0.2, 0) is 14.3 Å². The Hall–Kier alpha value is -0.570.